The zero-order valence-electron chi connectivity index (χ0n) is 27.1. The number of allylic oxidation sites excluding steroid dienone is 2. The third kappa shape index (κ3) is 4.96. The van der Waals surface area contributed by atoms with Crippen LogP contribution in [0.1, 0.15) is 119 Å². The Hall–Kier alpha value is -0.544. The number of ketones is 1. The van der Waals surface area contributed by atoms with Crippen molar-refractivity contribution in [1.82, 2.24) is 0 Å². The zero-order valence-corrected chi connectivity index (χ0v) is 30.2. The summed E-state index contributed by atoms with van der Waals surface area (Å²) in [5, 5.41) is 21.0. The molecule has 7 nitrogen and oxygen atoms in total. The summed E-state index contributed by atoms with van der Waals surface area (Å²) >= 11 is 0. The zero-order chi connectivity index (χ0) is 30.4. The SMILES string of the molecule is CC1(C)[C@@H](OC(=O)CCC(=O)[O-])CC[C@]2(C)[C@H]3C(=O)C=C4[C@@H]5C[C@@](C)(C(=O)O)CC[C@]5(C)CC[C@@]4(C)[C@]3(C)CC[C@@H]12.[K+]. The number of hydrogen-bond donors (Lipinski definition) is 1. The Kier molecular flexibility index (Phi) is 9.04. The van der Waals surface area contributed by atoms with Crippen molar-refractivity contribution in [3.63, 3.8) is 0 Å². The molecule has 42 heavy (non-hydrogen) atoms. The number of carboxylic acid groups (broad SMARTS) is 2. The van der Waals surface area contributed by atoms with Crippen LogP contribution in [0.2, 0.25) is 0 Å². The number of aliphatic carboxylic acids is 2. The van der Waals surface area contributed by atoms with E-state index in [1.807, 2.05) is 13.0 Å². The molecule has 1 N–H and O–H groups in total. The molecule has 0 spiro atoms. The second kappa shape index (κ2) is 11.1. The molecule has 0 unspecified atom stereocenters. The van der Waals surface area contributed by atoms with Crippen LogP contribution in [-0.4, -0.2) is 34.9 Å². The summed E-state index contributed by atoms with van der Waals surface area (Å²) in [5.74, 6) is -2.19. The Bertz CT molecular complexity index is 1210. The molecule has 0 radical (unpaired) electrons. The van der Waals surface area contributed by atoms with E-state index in [1.54, 1.807) is 0 Å². The predicted octanol–water partition coefficient (Wildman–Crippen LogP) is 2.50. The number of ether oxygens (including phenoxy) is 1. The van der Waals surface area contributed by atoms with Crippen LogP contribution in [0, 0.1) is 50.2 Å². The summed E-state index contributed by atoms with van der Waals surface area (Å²) in [6.45, 7) is 15.5. The molecule has 0 bridgehead atoms. The van der Waals surface area contributed by atoms with Crippen LogP contribution in [0.3, 0.4) is 0 Å². The Morgan fingerprint density at radius 3 is 2.19 bits per heavy atom. The number of carbonyl (C=O) groups is 4. The molecule has 4 fully saturated rings. The van der Waals surface area contributed by atoms with E-state index >= 15 is 0 Å². The third-order valence-electron chi connectivity index (χ3n) is 13.8. The van der Waals surface area contributed by atoms with Crippen molar-refractivity contribution in [1.29, 1.82) is 0 Å². The Morgan fingerprint density at radius 1 is 0.929 bits per heavy atom. The van der Waals surface area contributed by atoms with Crippen LogP contribution in [0.25, 0.3) is 0 Å². The van der Waals surface area contributed by atoms with Gasteiger partial charge in [-0.2, -0.15) is 0 Å². The van der Waals surface area contributed by atoms with Gasteiger partial charge >= 0.3 is 63.3 Å². The van der Waals surface area contributed by atoms with Gasteiger partial charge in [0.1, 0.15) is 6.10 Å². The van der Waals surface area contributed by atoms with Crippen molar-refractivity contribution in [2.24, 2.45) is 50.2 Å². The minimum Gasteiger partial charge on any atom is -0.550 e. The van der Waals surface area contributed by atoms with Crippen molar-refractivity contribution >= 4 is 23.7 Å². The quantitative estimate of drug-likeness (QED) is 0.376. The maximum atomic E-state index is 14.4. The maximum Gasteiger partial charge on any atom is 1.00 e. The average Bonchev–Trinajstić information content (AvgIpc) is 2.86. The molecule has 5 rings (SSSR count). The molecular formula is C34H49KO7. The van der Waals surface area contributed by atoms with E-state index in [4.69, 9.17) is 4.74 Å². The van der Waals surface area contributed by atoms with E-state index in [0.717, 1.165) is 38.5 Å². The molecule has 0 aliphatic heterocycles. The predicted molar refractivity (Wildman–Crippen MR) is 151 cm³/mol. The standard InChI is InChI=1S/C34H50O7.K/c1-29(2)23-10-13-34(7)27(32(23,5)12-11-24(29)41-26(38)9-8-25(36)37)22(35)18-20-21-19-31(4,28(39)40)15-14-30(21,3)16-17-33(20,34)6;/h18,21,23-24,27H,8-17,19H2,1-7H3,(H,36,37)(H,39,40);/q;+1/p-1/t21-,23-,24-,27+,30+,31-,32-,33+,34+;/m0./s1. The molecule has 4 saturated carbocycles. The van der Waals surface area contributed by atoms with Crippen molar-refractivity contribution in [2.75, 3.05) is 0 Å². The first kappa shape index (κ1) is 34.3. The molecule has 9 atom stereocenters. The number of carboxylic acids is 2. The molecule has 0 amide bonds. The fraction of sp³-hybridized carbons (Fsp3) is 0.824. The molecule has 0 aromatic heterocycles. The van der Waals surface area contributed by atoms with Gasteiger partial charge in [0.25, 0.3) is 0 Å². The largest absolute Gasteiger partial charge is 1.00 e. The molecule has 5 aliphatic rings. The van der Waals surface area contributed by atoms with Gasteiger partial charge < -0.3 is 19.7 Å². The minimum atomic E-state index is -1.26. The second-order valence-electron chi connectivity index (χ2n) is 16.3. The Balaban J connectivity index is 0.00000405. The summed E-state index contributed by atoms with van der Waals surface area (Å²) in [7, 11) is 0. The van der Waals surface area contributed by atoms with E-state index < -0.39 is 23.3 Å². The second-order valence-corrected chi connectivity index (χ2v) is 16.3. The number of esters is 1. The van der Waals surface area contributed by atoms with Gasteiger partial charge in [-0.3, -0.25) is 14.4 Å². The van der Waals surface area contributed by atoms with E-state index in [-0.39, 0.29) is 121 Å². The van der Waals surface area contributed by atoms with Crippen molar-refractivity contribution in [3.8, 4) is 0 Å². The number of fused-ring (bicyclic) bond motifs is 7. The summed E-state index contributed by atoms with van der Waals surface area (Å²) in [5.41, 5.74) is -0.603. The van der Waals surface area contributed by atoms with Crippen molar-refractivity contribution in [2.45, 2.75) is 125 Å². The van der Waals surface area contributed by atoms with Crippen molar-refractivity contribution < 1.29 is 85.5 Å². The molecular weight excluding hydrogens is 559 g/mol. The van der Waals surface area contributed by atoms with Crippen LogP contribution in [0.4, 0.5) is 0 Å². The van der Waals surface area contributed by atoms with Gasteiger partial charge in [0.15, 0.2) is 5.78 Å². The monoisotopic (exact) mass is 608 g/mol. The van der Waals surface area contributed by atoms with Gasteiger partial charge in [0.2, 0.25) is 0 Å². The van der Waals surface area contributed by atoms with Gasteiger partial charge in [-0.1, -0.05) is 47.1 Å². The molecule has 8 heteroatoms. The van der Waals surface area contributed by atoms with E-state index in [0.29, 0.717) is 19.3 Å². The molecule has 0 aromatic rings. The van der Waals surface area contributed by atoms with Crippen LogP contribution >= 0.6 is 0 Å². The van der Waals surface area contributed by atoms with E-state index in [9.17, 15) is 29.4 Å². The van der Waals surface area contributed by atoms with E-state index in [2.05, 4.69) is 41.5 Å². The molecule has 228 valence electrons. The number of carbonyl (C=O) groups excluding carboxylic acids is 3. The normalized spacial score (nSPS) is 45.5. The third-order valence-corrected chi connectivity index (χ3v) is 13.8. The van der Waals surface area contributed by atoms with Gasteiger partial charge in [0, 0.05) is 17.3 Å². The fourth-order valence-corrected chi connectivity index (χ4v) is 11.0. The average molecular weight is 609 g/mol. The van der Waals surface area contributed by atoms with E-state index in [1.165, 1.54) is 5.57 Å². The van der Waals surface area contributed by atoms with Gasteiger partial charge in [-0.15, -0.1) is 0 Å². The fourth-order valence-electron chi connectivity index (χ4n) is 11.0. The Morgan fingerprint density at radius 2 is 1.57 bits per heavy atom. The van der Waals surface area contributed by atoms with Crippen LogP contribution < -0.4 is 56.5 Å². The molecule has 0 saturated heterocycles. The maximum absolute atomic E-state index is 14.4. The first-order valence-corrected chi connectivity index (χ1v) is 15.7. The van der Waals surface area contributed by atoms with Gasteiger partial charge in [-0.05, 0) is 111 Å². The van der Waals surface area contributed by atoms with Gasteiger partial charge in [0.05, 0.1) is 11.8 Å². The van der Waals surface area contributed by atoms with Crippen molar-refractivity contribution in [3.05, 3.63) is 11.6 Å². The topological polar surface area (TPSA) is 121 Å². The number of rotatable bonds is 5. The summed E-state index contributed by atoms with van der Waals surface area (Å²) in [4.78, 5) is 50.1. The Labute approximate surface area is 293 Å². The van der Waals surface area contributed by atoms with Crippen LogP contribution in [0.5, 0.6) is 0 Å². The van der Waals surface area contributed by atoms with Crippen LogP contribution in [-0.2, 0) is 23.9 Å². The van der Waals surface area contributed by atoms with Gasteiger partial charge in [-0.25, -0.2) is 0 Å². The molecule has 0 heterocycles. The minimum absolute atomic E-state index is 0. The molecule has 0 aromatic carbocycles. The summed E-state index contributed by atoms with van der Waals surface area (Å²) in [6.07, 6.45) is 8.54. The van der Waals surface area contributed by atoms with Crippen LogP contribution in [0.15, 0.2) is 11.6 Å². The first-order chi connectivity index (χ1) is 18.8. The summed E-state index contributed by atoms with van der Waals surface area (Å²) < 4.78 is 5.88. The first-order valence-electron chi connectivity index (χ1n) is 15.7. The number of hydrogen-bond acceptors (Lipinski definition) is 6. The summed E-state index contributed by atoms with van der Waals surface area (Å²) in [6, 6.07) is 0. The smallest absolute Gasteiger partial charge is 0.550 e. The molecule has 5 aliphatic carbocycles.